The highest BCUT2D eigenvalue weighted by atomic mass is 14.9. The summed E-state index contributed by atoms with van der Waals surface area (Å²) < 4.78 is 0. The van der Waals surface area contributed by atoms with Crippen molar-refractivity contribution >= 4 is 0 Å². The van der Waals surface area contributed by atoms with Crippen molar-refractivity contribution < 1.29 is 0 Å². The van der Waals surface area contributed by atoms with Gasteiger partial charge in [-0.2, -0.15) is 0 Å². The molecule has 1 aromatic carbocycles. The molecule has 106 valence electrons. The molecule has 1 fully saturated rings. The van der Waals surface area contributed by atoms with Crippen LogP contribution in [0.25, 0.3) is 0 Å². The fourth-order valence-electron chi connectivity index (χ4n) is 3.17. The van der Waals surface area contributed by atoms with E-state index in [-0.39, 0.29) is 0 Å². The lowest BCUT2D eigenvalue weighted by Gasteiger charge is -2.15. The van der Waals surface area contributed by atoms with Gasteiger partial charge >= 0.3 is 0 Å². The maximum absolute atomic E-state index is 3.68. The molecule has 0 aromatic heterocycles. The molecule has 0 aliphatic heterocycles. The van der Waals surface area contributed by atoms with Crippen molar-refractivity contribution in [1.82, 2.24) is 5.32 Å². The summed E-state index contributed by atoms with van der Waals surface area (Å²) in [4.78, 5) is 0. The number of benzene rings is 1. The Kier molecular flexibility index (Phi) is 6.43. The summed E-state index contributed by atoms with van der Waals surface area (Å²) in [5.74, 6) is 1.04. The average molecular weight is 259 g/mol. The largest absolute Gasteiger partial charge is 0.314 e. The second kappa shape index (κ2) is 8.37. The smallest absolute Gasteiger partial charge is 0.00418 e. The minimum Gasteiger partial charge on any atom is -0.314 e. The van der Waals surface area contributed by atoms with Gasteiger partial charge in [0.05, 0.1) is 0 Å². The summed E-state index contributed by atoms with van der Waals surface area (Å²) in [7, 11) is 0. The van der Waals surface area contributed by atoms with Crippen molar-refractivity contribution in [3.8, 4) is 0 Å². The van der Waals surface area contributed by atoms with Crippen LogP contribution in [0.2, 0.25) is 0 Å². The quantitative estimate of drug-likeness (QED) is 0.674. The minimum absolute atomic E-state index is 0.642. The van der Waals surface area contributed by atoms with Gasteiger partial charge < -0.3 is 5.32 Å². The van der Waals surface area contributed by atoms with E-state index in [9.17, 15) is 0 Å². The van der Waals surface area contributed by atoms with E-state index >= 15 is 0 Å². The van der Waals surface area contributed by atoms with E-state index in [4.69, 9.17) is 0 Å². The van der Waals surface area contributed by atoms with Crippen molar-refractivity contribution in [3.05, 3.63) is 35.9 Å². The third-order valence-electron chi connectivity index (χ3n) is 4.47. The first kappa shape index (κ1) is 14.6. The molecule has 19 heavy (non-hydrogen) atoms. The van der Waals surface area contributed by atoms with Gasteiger partial charge in [-0.1, -0.05) is 56.0 Å². The standard InChI is InChI=1S/C18H29N/c1-16(13-14-18-8-3-2-4-9-18)19-15-7-12-17-10-5-6-11-17/h2-4,8-9,16-17,19H,5-7,10-15H2,1H3. The molecule has 1 aliphatic carbocycles. The molecule has 1 nitrogen and oxygen atoms in total. The van der Waals surface area contributed by atoms with Crippen LogP contribution in [-0.2, 0) is 6.42 Å². The lowest BCUT2D eigenvalue weighted by molar-refractivity contribution is 0.444. The monoisotopic (exact) mass is 259 g/mol. The van der Waals surface area contributed by atoms with Crippen LogP contribution in [0.5, 0.6) is 0 Å². The molecular formula is C18H29N. The van der Waals surface area contributed by atoms with Gasteiger partial charge in [-0.3, -0.25) is 0 Å². The van der Waals surface area contributed by atoms with Gasteiger partial charge in [0.1, 0.15) is 0 Å². The van der Waals surface area contributed by atoms with Crippen LogP contribution in [0.4, 0.5) is 0 Å². The van der Waals surface area contributed by atoms with Crippen LogP contribution in [0, 0.1) is 5.92 Å². The second-order valence-electron chi connectivity index (χ2n) is 6.17. The van der Waals surface area contributed by atoms with Gasteiger partial charge in [0.25, 0.3) is 0 Å². The maximum Gasteiger partial charge on any atom is 0.00418 e. The molecule has 0 bridgehead atoms. The van der Waals surface area contributed by atoms with Crippen LogP contribution in [0.1, 0.15) is 57.4 Å². The molecule has 1 unspecified atom stereocenters. The molecule has 1 saturated carbocycles. The highest BCUT2D eigenvalue weighted by Crippen LogP contribution is 2.28. The highest BCUT2D eigenvalue weighted by molar-refractivity contribution is 5.14. The highest BCUT2D eigenvalue weighted by Gasteiger charge is 2.14. The number of rotatable bonds is 8. The van der Waals surface area contributed by atoms with Crippen LogP contribution in [0.3, 0.4) is 0 Å². The average Bonchev–Trinajstić information content (AvgIpc) is 2.96. The zero-order valence-corrected chi connectivity index (χ0v) is 12.4. The summed E-state index contributed by atoms with van der Waals surface area (Å²) in [6, 6.07) is 11.5. The minimum atomic E-state index is 0.642. The van der Waals surface area contributed by atoms with Gasteiger partial charge in [0, 0.05) is 6.04 Å². The fraction of sp³-hybridized carbons (Fsp3) is 0.667. The molecule has 0 heterocycles. The summed E-state index contributed by atoms with van der Waals surface area (Å²) in [5.41, 5.74) is 1.46. The number of nitrogens with one attached hydrogen (secondary N) is 1. The molecule has 1 heteroatoms. The van der Waals surface area contributed by atoms with E-state index in [1.54, 1.807) is 0 Å². The molecule has 0 saturated heterocycles. The van der Waals surface area contributed by atoms with E-state index in [2.05, 4.69) is 42.6 Å². The van der Waals surface area contributed by atoms with Gasteiger partial charge in [-0.15, -0.1) is 0 Å². The summed E-state index contributed by atoms with van der Waals surface area (Å²) in [6.45, 7) is 3.52. The normalized spacial score (nSPS) is 17.7. The van der Waals surface area contributed by atoms with Gasteiger partial charge in [-0.05, 0) is 50.6 Å². The third-order valence-corrected chi connectivity index (χ3v) is 4.47. The summed E-state index contributed by atoms with van der Waals surface area (Å²) in [5, 5.41) is 3.68. The molecular weight excluding hydrogens is 230 g/mol. The lowest BCUT2D eigenvalue weighted by atomic mass is 10.0. The summed E-state index contributed by atoms with van der Waals surface area (Å²) >= 11 is 0. The lowest BCUT2D eigenvalue weighted by Crippen LogP contribution is -2.27. The molecule has 1 atom stereocenters. The van der Waals surface area contributed by atoms with E-state index in [0.29, 0.717) is 6.04 Å². The molecule has 2 rings (SSSR count). The fourth-order valence-corrected chi connectivity index (χ4v) is 3.17. The first-order valence-corrected chi connectivity index (χ1v) is 8.12. The van der Waals surface area contributed by atoms with Crippen molar-refractivity contribution in [1.29, 1.82) is 0 Å². The molecule has 1 aromatic rings. The first-order valence-electron chi connectivity index (χ1n) is 8.12. The van der Waals surface area contributed by atoms with Crippen LogP contribution < -0.4 is 5.32 Å². The Morgan fingerprint density at radius 3 is 2.63 bits per heavy atom. The first-order chi connectivity index (χ1) is 9.34. The Morgan fingerprint density at radius 1 is 1.16 bits per heavy atom. The van der Waals surface area contributed by atoms with Gasteiger partial charge in [0.15, 0.2) is 0 Å². The predicted octanol–water partition coefficient (Wildman–Crippen LogP) is 4.57. The Balaban J connectivity index is 1.51. The van der Waals surface area contributed by atoms with Gasteiger partial charge in [-0.25, -0.2) is 0 Å². The van der Waals surface area contributed by atoms with Crippen LogP contribution >= 0.6 is 0 Å². The maximum atomic E-state index is 3.68. The zero-order chi connectivity index (χ0) is 13.3. The topological polar surface area (TPSA) is 12.0 Å². The molecule has 0 spiro atoms. The third kappa shape index (κ3) is 5.78. The van der Waals surface area contributed by atoms with Crippen molar-refractivity contribution in [2.75, 3.05) is 6.54 Å². The Hall–Kier alpha value is -0.820. The number of aryl methyl sites for hydroxylation is 1. The van der Waals surface area contributed by atoms with Crippen molar-refractivity contribution in [2.24, 2.45) is 5.92 Å². The molecule has 0 amide bonds. The Morgan fingerprint density at radius 2 is 1.89 bits per heavy atom. The van der Waals surface area contributed by atoms with E-state index in [1.807, 2.05) is 0 Å². The summed E-state index contributed by atoms with van der Waals surface area (Å²) in [6.07, 6.45) is 11.2. The van der Waals surface area contributed by atoms with Crippen molar-refractivity contribution in [3.63, 3.8) is 0 Å². The number of hydrogen-bond donors (Lipinski definition) is 1. The van der Waals surface area contributed by atoms with Gasteiger partial charge in [0.2, 0.25) is 0 Å². The van der Waals surface area contributed by atoms with Crippen LogP contribution in [0.15, 0.2) is 30.3 Å². The molecule has 0 radical (unpaired) electrons. The second-order valence-corrected chi connectivity index (χ2v) is 6.17. The predicted molar refractivity (Wildman–Crippen MR) is 83.4 cm³/mol. The van der Waals surface area contributed by atoms with Crippen molar-refractivity contribution in [2.45, 2.75) is 64.3 Å². The SMILES string of the molecule is CC(CCc1ccccc1)NCCCC1CCCC1. The van der Waals surface area contributed by atoms with E-state index in [0.717, 1.165) is 5.92 Å². The van der Waals surface area contributed by atoms with Crippen LogP contribution in [-0.4, -0.2) is 12.6 Å². The van der Waals surface area contributed by atoms with E-state index in [1.165, 1.54) is 63.5 Å². The Labute approximate surface area is 118 Å². The zero-order valence-electron chi connectivity index (χ0n) is 12.4. The molecule has 1 aliphatic rings. The Bertz CT molecular complexity index is 327. The molecule has 1 N–H and O–H groups in total. The van der Waals surface area contributed by atoms with E-state index < -0.39 is 0 Å². The number of hydrogen-bond acceptors (Lipinski definition) is 1.